The van der Waals surface area contributed by atoms with Gasteiger partial charge in [0, 0.05) is 63.0 Å². The second-order valence-corrected chi connectivity index (χ2v) is 9.72. The fraction of sp³-hybridized carbons (Fsp3) is 0.250. The van der Waals surface area contributed by atoms with Crippen LogP contribution in [0, 0.1) is 0 Å². The number of hydrogen-bond donors (Lipinski definition) is 2. The van der Waals surface area contributed by atoms with Crippen LogP contribution in [0.15, 0.2) is 72.6 Å². The van der Waals surface area contributed by atoms with Gasteiger partial charge in [0.05, 0.1) is 12.1 Å². The van der Waals surface area contributed by atoms with Gasteiger partial charge in [-0.3, -0.25) is 9.69 Å². The van der Waals surface area contributed by atoms with Crippen LogP contribution in [0.1, 0.15) is 0 Å². The zero-order valence-electron chi connectivity index (χ0n) is 21.2. The molecule has 3 heterocycles. The number of piperazine rings is 1. The minimum Gasteiger partial charge on any atom is -0.437 e. The first-order valence-electron chi connectivity index (χ1n) is 12.4. The van der Waals surface area contributed by atoms with Crippen LogP contribution in [0.4, 0.5) is 23.0 Å². The number of benzene rings is 2. The molecule has 1 fully saturated rings. The number of rotatable bonds is 10. The summed E-state index contributed by atoms with van der Waals surface area (Å²) in [6.45, 7) is 9.28. The lowest BCUT2D eigenvalue weighted by molar-refractivity contribution is -0.111. The summed E-state index contributed by atoms with van der Waals surface area (Å²) < 4.78 is 12.2. The van der Waals surface area contributed by atoms with Gasteiger partial charge < -0.3 is 25.0 Å². The highest BCUT2D eigenvalue weighted by atomic mass is 32.1. The standard InChI is InChI=1S/C28H30N6O3S/c1-3-25(35)29-21-5-4-6-23(19-21)37-27-26-24(11-18-38-26)31-28(32-27)30-20-7-9-22(10-8-20)34-14-12-33(13-15-34)16-17-36-2/h3-11,18-19H,1,12-17H2,2H3,(H,29,35)(H,30,31,32). The number of carbonyl (C=O) groups is 1. The first-order chi connectivity index (χ1) is 18.6. The third-order valence-electron chi connectivity index (χ3n) is 6.25. The van der Waals surface area contributed by atoms with Gasteiger partial charge in [-0.15, -0.1) is 11.3 Å². The second-order valence-electron chi connectivity index (χ2n) is 8.80. The van der Waals surface area contributed by atoms with E-state index < -0.39 is 0 Å². The van der Waals surface area contributed by atoms with Gasteiger partial charge in [-0.1, -0.05) is 12.6 Å². The molecular formula is C28H30N6O3S. The van der Waals surface area contributed by atoms with E-state index in [-0.39, 0.29) is 5.91 Å². The molecule has 0 atom stereocenters. The highest BCUT2D eigenvalue weighted by Crippen LogP contribution is 2.34. The van der Waals surface area contributed by atoms with E-state index in [0.717, 1.165) is 55.2 Å². The number of ether oxygens (including phenoxy) is 2. The molecule has 2 aromatic carbocycles. The molecule has 9 nitrogen and oxygen atoms in total. The van der Waals surface area contributed by atoms with Crippen LogP contribution in [0.5, 0.6) is 11.6 Å². The Labute approximate surface area is 225 Å². The lowest BCUT2D eigenvalue weighted by Gasteiger charge is -2.36. The number of nitrogens with one attached hydrogen (secondary N) is 2. The van der Waals surface area contributed by atoms with E-state index in [9.17, 15) is 4.79 Å². The number of nitrogens with zero attached hydrogens (tertiary/aromatic N) is 4. The topological polar surface area (TPSA) is 91.8 Å². The summed E-state index contributed by atoms with van der Waals surface area (Å²) in [5, 5.41) is 8.01. The molecule has 10 heteroatoms. The summed E-state index contributed by atoms with van der Waals surface area (Å²) in [5.74, 6) is 1.16. The van der Waals surface area contributed by atoms with Crippen LogP contribution in [-0.4, -0.2) is 67.2 Å². The Bertz CT molecular complexity index is 1400. The third-order valence-corrected chi connectivity index (χ3v) is 7.14. The monoisotopic (exact) mass is 530 g/mol. The SMILES string of the molecule is C=CC(=O)Nc1cccc(Oc2nc(Nc3ccc(N4CCN(CCOC)CC4)cc3)nc3ccsc23)c1. The Morgan fingerprint density at radius 3 is 2.66 bits per heavy atom. The zero-order chi connectivity index (χ0) is 26.3. The first kappa shape index (κ1) is 25.7. The van der Waals surface area contributed by atoms with Crippen LogP contribution in [-0.2, 0) is 9.53 Å². The number of carbonyl (C=O) groups excluding carboxylic acids is 1. The van der Waals surface area contributed by atoms with Gasteiger partial charge in [0.2, 0.25) is 17.7 Å². The first-order valence-corrected chi connectivity index (χ1v) is 13.3. The van der Waals surface area contributed by atoms with Crippen LogP contribution < -0.4 is 20.3 Å². The molecule has 2 N–H and O–H groups in total. The van der Waals surface area contributed by atoms with Crippen molar-refractivity contribution in [3.05, 3.63) is 72.6 Å². The molecule has 0 saturated carbocycles. The summed E-state index contributed by atoms with van der Waals surface area (Å²) in [5.41, 5.74) is 3.49. The van der Waals surface area contributed by atoms with Gasteiger partial charge in [-0.05, 0) is 53.9 Å². The number of fused-ring (bicyclic) bond motifs is 1. The Morgan fingerprint density at radius 2 is 1.89 bits per heavy atom. The van der Waals surface area contributed by atoms with Crippen LogP contribution in [0.2, 0.25) is 0 Å². The fourth-order valence-corrected chi connectivity index (χ4v) is 4.99. The Morgan fingerprint density at radius 1 is 1.08 bits per heavy atom. The van der Waals surface area contributed by atoms with Gasteiger partial charge in [-0.2, -0.15) is 4.98 Å². The predicted octanol–water partition coefficient (Wildman–Crippen LogP) is 5.12. The number of thiophene rings is 1. The molecule has 5 rings (SSSR count). The minimum atomic E-state index is -0.285. The number of aromatic nitrogens is 2. The van der Waals surface area contributed by atoms with Crippen molar-refractivity contribution in [2.75, 3.05) is 62.0 Å². The quantitative estimate of drug-likeness (QED) is 0.273. The molecule has 1 saturated heterocycles. The summed E-state index contributed by atoms with van der Waals surface area (Å²) >= 11 is 1.51. The highest BCUT2D eigenvalue weighted by molar-refractivity contribution is 7.17. The molecule has 0 spiro atoms. The molecule has 1 amide bonds. The minimum absolute atomic E-state index is 0.285. The van der Waals surface area contributed by atoms with E-state index in [1.807, 2.05) is 29.6 Å². The van der Waals surface area contributed by atoms with E-state index in [1.165, 1.54) is 23.1 Å². The molecule has 0 radical (unpaired) electrons. The van der Waals surface area contributed by atoms with Gasteiger partial charge in [0.25, 0.3) is 0 Å². The maximum atomic E-state index is 11.7. The molecule has 0 unspecified atom stereocenters. The van der Waals surface area contributed by atoms with E-state index >= 15 is 0 Å². The highest BCUT2D eigenvalue weighted by Gasteiger charge is 2.17. The normalized spacial score (nSPS) is 13.9. The molecule has 2 aromatic heterocycles. The lowest BCUT2D eigenvalue weighted by atomic mass is 10.2. The van der Waals surface area contributed by atoms with Crippen molar-refractivity contribution in [1.29, 1.82) is 0 Å². The second kappa shape index (κ2) is 12.0. The molecule has 1 aliphatic rings. The average Bonchev–Trinajstić information content (AvgIpc) is 3.42. The van der Waals surface area contributed by atoms with Crippen molar-refractivity contribution in [2.45, 2.75) is 0 Å². The Balaban J connectivity index is 1.28. The summed E-state index contributed by atoms with van der Waals surface area (Å²) in [7, 11) is 1.75. The smallest absolute Gasteiger partial charge is 0.247 e. The van der Waals surface area contributed by atoms with Crippen molar-refractivity contribution >= 4 is 50.5 Å². The molecule has 38 heavy (non-hydrogen) atoms. The number of methoxy groups -OCH3 is 1. The van der Waals surface area contributed by atoms with Crippen molar-refractivity contribution < 1.29 is 14.3 Å². The van der Waals surface area contributed by atoms with Crippen LogP contribution in [0.25, 0.3) is 10.2 Å². The van der Waals surface area contributed by atoms with Gasteiger partial charge in [0.1, 0.15) is 10.4 Å². The van der Waals surface area contributed by atoms with E-state index in [2.05, 4.69) is 49.1 Å². The molecule has 196 valence electrons. The van der Waals surface area contributed by atoms with Crippen LogP contribution in [0.3, 0.4) is 0 Å². The van der Waals surface area contributed by atoms with Crippen molar-refractivity contribution in [2.24, 2.45) is 0 Å². The maximum Gasteiger partial charge on any atom is 0.247 e. The summed E-state index contributed by atoms with van der Waals surface area (Å²) in [6.07, 6.45) is 1.22. The fourth-order valence-electron chi connectivity index (χ4n) is 4.24. The van der Waals surface area contributed by atoms with Gasteiger partial charge in [0.15, 0.2) is 0 Å². The molecule has 0 aliphatic carbocycles. The molecular weight excluding hydrogens is 500 g/mol. The lowest BCUT2D eigenvalue weighted by Crippen LogP contribution is -2.47. The average molecular weight is 531 g/mol. The van der Waals surface area contributed by atoms with Crippen molar-refractivity contribution in [1.82, 2.24) is 14.9 Å². The Hall–Kier alpha value is -3.99. The van der Waals surface area contributed by atoms with Gasteiger partial charge in [-0.25, -0.2) is 4.98 Å². The molecule has 4 aromatic rings. The van der Waals surface area contributed by atoms with Crippen molar-refractivity contribution in [3.8, 4) is 11.6 Å². The summed E-state index contributed by atoms with van der Waals surface area (Å²) in [4.78, 5) is 25.8. The van der Waals surface area contributed by atoms with Crippen LogP contribution >= 0.6 is 11.3 Å². The van der Waals surface area contributed by atoms with E-state index in [0.29, 0.717) is 23.3 Å². The predicted molar refractivity (Wildman–Crippen MR) is 153 cm³/mol. The number of anilines is 4. The third kappa shape index (κ3) is 6.28. The zero-order valence-corrected chi connectivity index (χ0v) is 22.0. The Kier molecular flexibility index (Phi) is 8.12. The van der Waals surface area contributed by atoms with E-state index in [1.54, 1.807) is 25.3 Å². The molecule has 0 bridgehead atoms. The van der Waals surface area contributed by atoms with E-state index in [4.69, 9.17) is 9.47 Å². The summed E-state index contributed by atoms with van der Waals surface area (Å²) in [6, 6.07) is 17.4. The molecule has 1 aliphatic heterocycles. The maximum absolute atomic E-state index is 11.7. The van der Waals surface area contributed by atoms with Gasteiger partial charge >= 0.3 is 0 Å². The number of amides is 1. The largest absolute Gasteiger partial charge is 0.437 e. The van der Waals surface area contributed by atoms with Crippen molar-refractivity contribution in [3.63, 3.8) is 0 Å². The number of hydrogen-bond acceptors (Lipinski definition) is 9.